The molecule has 2 heterocycles. The molecule has 0 fully saturated rings. The van der Waals surface area contributed by atoms with E-state index in [-0.39, 0.29) is 31.0 Å². The molecule has 0 saturated carbocycles. The highest BCUT2D eigenvalue weighted by Crippen LogP contribution is 2.30. The Labute approximate surface area is 137 Å². The van der Waals surface area contributed by atoms with Crippen molar-refractivity contribution >= 4 is 17.5 Å². The Balaban J connectivity index is 1.68. The van der Waals surface area contributed by atoms with Gasteiger partial charge in [0.15, 0.2) is 6.61 Å². The van der Waals surface area contributed by atoms with Crippen LogP contribution in [0.4, 0.5) is 5.69 Å². The van der Waals surface area contributed by atoms with Gasteiger partial charge in [-0.1, -0.05) is 6.07 Å². The molecule has 0 spiro atoms. The van der Waals surface area contributed by atoms with Crippen molar-refractivity contribution in [3.63, 3.8) is 0 Å². The van der Waals surface area contributed by atoms with Crippen LogP contribution in [0.25, 0.3) is 0 Å². The van der Waals surface area contributed by atoms with E-state index in [4.69, 9.17) is 4.74 Å². The number of benzene rings is 1. The molecule has 1 aromatic heterocycles. The Kier molecular flexibility index (Phi) is 4.28. The third-order valence-electron chi connectivity index (χ3n) is 3.61. The summed E-state index contributed by atoms with van der Waals surface area (Å²) in [6.07, 6.45) is 2.88. The summed E-state index contributed by atoms with van der Waals surface area (Å²) in [5.41, 5.74) is 0.911. The minimum Gasteiger partial charge on any atom is -0.482 e. The van der Waals surface area contributed by atoms with Crippen LogP contribution in [0.3, 0.4) is 0 Å². The standard InChI is InChI=1S/C16H16N4O4/c1-10(18-14(21)8-20-6-2-5-17-16(20)23)11-3-4-13-12(7-11)19-15(22)9-24-13/h2-7,10H,8-9H2,1H3,(H,18,21)(H,19,22). The molecule has 8 nitrogen and oxygen atoms in total. The van der Waals surface area contributed by atoms with Crippen molar-refractivity contribution in [1.82, 2.24) is 14.9 Å². The Morgan fingerprint density at radius 3 is 3.08 bits per heavy atom. The van der Waals surface area contributed by atoms with Gasteiger partial charge in [-0.2, -0.15) is 0 Å². The number of carbonyl (C=O) groups is 2. The molecule has 24 heavy (non-hydrogen) atoms. The van der Waals surface area contributed by atoms with Gasteiger partial charge in [0.1, 0.15) is 12.3 Å². The van der Waals surface area contributed by atoms with Gasteiger partial charge in [0.05, 0.1) is 11.7 Å². The second kappa shape index (κ2) is 6.53. The first-order valence-electron chi connectivity index (χ1n) is 7.40. The van der Waals surface area contributed by atoms with Crippen molar-refractivity contribution in [3.05, 3.63) is 52.7 Å². The van der Waals surface area contributed by atoms with Crippen LogP contribution in [-0.2, 0) is 16.1 Å². The molecule has 2 amide bonds. The number of rotatable bonds is 4. The predicted octanol–water partition coefficient (Wildman–Crippen LogP) is 0.452. The Bertz CT molecular complexity index is 846. The van der Waals surface area contributed by atoms with E-state index < -0.39 is 5.69 Å². The van der Waals surface area contributed by atoms with Gasteiger partial charge in [-0.25, -0.2) is 9.78 Å². The summed E-state index contributed by atoms with van der Waals surface area (Å²) in [6.45, 7) is 1.71. The van der Waals surface area contributed by atoms with Crippen LogP contribution < -0.4 is 21.1 Å². The lowest BCUT2D eigenvalue weighted by molar-refractivity contribution is -0.122. The monoisotopic (exact) mass is 328 g/mol. The first-order valence-corrected chi connectivity index (χ1v) is 7.40. The molecule has 1 aliphatic heterocycles. The number of ether oxygens (including phenoxy) is 1. The highest BCUT2D eigenvalue weighted by molar-refractivity contribution is 5.95. The number of fused-ring (bicyclic) bond motifs is 1. The van der Waals surface area contributed by atoms with E-state index in [1.165, 1.54) is 17.0 Å². The van der Waals surface area contributed by atoms with Gasteiger partial charge in [-0.15, -0.1) is 0 Å². The van der Waals surface area contributed by atoms with Crippen LogP contribution in [0.15, 0.2) is 41.5 Å². The van der Waals surface area contributed by atoms with E-state index in [2.05, 4.69) is 15.6 Å². The molecule has 2 N–H and O–H groups in total. The topological polar surface area (TPSA) is 102 Å². The van der Waals surface area contributed by atoms with Crippen LogP contribution >= 0.6 is 0 Å². The molecule has 1 aliphatic rings. The summed E-state index contributed by atoms with van der Waals surface area (Å²) in [4.78, 5) is 38.6. The first-order chi connectivity index (χ1) is 11.5. The van der Waals surface area contributed by atoms with Crippen molar-refractivity contribution in [2.45, 2.75) is 19.5 Å². The van der Waals surface area contributed by atoms with Crippen LogP contribution in [0.1, 0.15) is 18.5 Å². The van der Waals surface area contributed by atoms with E-state index in [0.717, 1.165) is 5.56 Å². The molecule has 2 aromatic rings. The van der Waals surface area contributed by atoms with Gasteiger partial charge in [0.2, 0.25) is 5.91 Å². The number of hydrogen-bond acceptors (Lipinski definition) is 5. The predicted molar refractivity (Wildman–Crippen MR) is 85.6 cm³/mol. The van der Waals surface area contributed by atoms with Crippen molar-refractivity contribution in [2.75, 3.05) is 11.9 Å². The third-order valence-corrected chi connectivity index (χ3v) is 3.61. The average molecular weight is 328 g/mol. The molecule has 0 radical (unpaired) electrons. The average Bonchev–Trinajstić information content (AvgIpc) is 2.56. The van der Waals surface area contributed by atoms with Gasteiger partial charge < -0.3 is 15.4 Å². The Hall–Kier alpha value is -3.16. The highest BCUT2D eigenvalue weighted by atomic mass is 16.5. The van der Waals surface area contributed by atoms with Crippen LogP contribution in [0, 0.1) is 0 Å². The van der Waals surface area contributed by atoms with Crippen molar-refractivity contribution in [2.24, 2.45) is 0 Å². The lowest BCUT2D eigenvalue weighted by Crippen LogP contribution is -2.34. The number of carbonyl (C=O) groups excluding carboxylic acids is 2. The van der Waals surface area contributed by atoms with Gasteiger partial charge >= 0.3 is 5.69 Å². The lowest BCUT2D eigenvalue weighted by atomic mass is 10.1. The molecule has 8 heteroatoms. The molecular weight excluding hydrogens is 312 g/mol. The zero-order chi connectivity index (χ0) is 17.1. The summed E-state index contributed by atoms with van der Waals surface area (Å²) in [7, 11) is 0. The summed E-state index contributed by atoms with van der Waals surface area (Å²) in [5, 5.41) is 5.54. The second-order valence-electron chi connectivity index (χ2n) is 5.41. The first kappa shape index (κ1) is 15.7. The number of aromatic nitrogens is 2. The maximum Gasteiger partial charge on any atom is 0.347 e. The molecule has 124 valence electrons. The summed E-state index contributed by atoms with van der Waals surface area (Å²) in [5.74, 6) is 0.0710. The number of amides is 2. The summed E-state index contributed by atoms with van der Waals surface area (Å²) in [6, 6.07) is 6.61. The molecule has 1 unspecified atom stereocenters. The van der Waals surface area contributed by atoms with Crippen LogP contribution in [0.2, 0.25) is 0 Å². The van der Waals surface area contributed by atoms with Gasteiger partial charge in [-0.3, -0.25) is 14.2 Å². The smallest absolute Gasteiger partial charge is 0.347 e. The van der Waals surface area contributed by atoms with E-state index in [9.17, 15) is 14.4 Å². The zero-order valence-corrected chi connectivity index (χ0v) is 13.0. The maximum atomic E-state index is 12.1. The molecule has 0 saturated heterocycles. The molecule has 1 aromatic carbocycles. The lowest BCUT2D eigenvalue weighted by Gasteiger charge is -2.21. The molecule has 1 atom stereocenters. The van der Waals surface area contributed by atoms with E-state index in [1.807, 2.05) is 13.0 Å². The van der Waals surface area contributed by atoms with Gasteiger partial charge in [0, 0.05) is 12.4 Å². The number of anilines is 1. The van der Waals surface area contributed by atoms with Gasteiger partial charge in [0.25, 0.3) is 5.91 Å². The fraction of sp³-hybridized carbons (Fsp3) is 0.250. The minimum atomic E-state index is -0.478. The summed E-state index contributed by atoms with van der Waals surface area (Å²) < 4.78 is 6.52. The molecule has 3 rings (SSSR count). The normalized spacial score (nSPS) is 14.1. The fourth-order valence-corrected chi connectivity index (χ4v) is 2.40. The summed E-state index contributed by atoms with van der Waals surface area (Å²) >= 11 is 0. The SMILES string of the molecule is CC(NC(=O)Cn1cccnc1=O)c1ccc2c(c1)NC(=O)CO2. The van der Waals surface area contributed by atoms with E-state index in [1.54, 1.807) is 18.2 Å². The fourth-order valence-electron chi connectivity index (χ4n) is 2.40. The maximum absolute atomic E-state index is 12.1. The quantitative estimate of drug-likeness (QED) is 0.848. The van der Waals surface area contributed by atoms with Gasteiger partial charge in [-0.05, 0) is 30.7 Å². The number of hydrogen-bond donors (Lipinski definition) is 2. The zero-order valence-electron chi connectivity index (χ0n) is 13.0. The molecule has 0 aliphatic carbocycles. The third kappa shape index (κ3) is 3.43. The number of nitrogens with one attached hydrogen (secondary N) is 2. The second-order valence-corrected chi connectivity index (χ2v) is 5.41. The Morgan fingerprint density at radius 1 is 1.46 bits per heavy atom. The highest BCUT2D eigenvalue weighted by Gasteiger charge is 2.18. The number of nitrogens with zero attached hydrogens (tertiary/aromatic N) is 2. The van der Waals surface area contributed by atoms with Crippen molar-refractivity contribution < 1.29 is 14.3 Å². The van der Waals surface area contributed by atoms with Crippen molar-refractivity contribution in [3.8, 4) is 5.75 Å². The minimum absolute atomic E-state index is 0.00149. The largest absolute Gasteiger partial charge is 0.482 e. The molecular formula is C16H16N4O4. The van der Waals surface area contributed by atoms with Crippen LogP contribution in [-0.4, -0.2) is 28.0 Å². The van der Waals surface area contributed by atoms with E-state index in [0.29, 0.717) is 11.4 Å². The van der Waals surface area contributed by atoms with Crippen LogP contribution in [0.5, 0.6) is 5.75 Å². The van der Waals surface area contributed by atoms with Crippen molar-refractivity contribution in [1.29, 1.82) is 0 Å². The van der Waals surface area contributed by atoms with E-state index >= 15 is 0 Å². The molecule has 0 bridgehead atoms. The Morgan fingerprint density at radius 2 is 2.29 bits per heavy atom.